The molecule has 0 aliphatic carbocycles. The Morgan fingerprint density at radius 3 is 2.62 bits per heavy atom. The normalized spacial score (nSPS) is 30.2. The van der Waals surface area contributed by atoms with E-state index in [0.717, 1.165) is 18.0 Å². The zero-order valence-electron chi connectivity index (χ0n) is 9.42. The highest BCUT2D eigenvalue weighted by molar-refractivity contribution is 7.97. The lowest BCUT2D eigenvalue weighted by molar-refractivity contribution is 0.365. The molecular formula is C11H23NS. The molecule has 0 spiro atoms. The summed E-state index contributed by atoms with van der Waals surface area (Å²) in [6, 6.07) is 1.65. The van der Waals surface area contributed by atoms with Gasteiger partial charge in [-0.05, 0) is 32.1 Å². The first-order valence-corrected chi connectivity index (χ1v) is 6.50. The molecule has 1 aliphatic heterocycles. The Hall–Kier alpha value is 0.310. The highest BCUT2D eigenvalue weighted by Gasteiger charge is 2.29. The van der Waals surface area contributed by atoms with Crippen LogP contribution in [-0.2, 0) is 0 Å². The average molecular weight is 201 g/mol. The van der Waals surface area contributed by atoms with E-state index in [0.29, 0.717) is 0 Å². The van der Waals surface area contributed by atoms with E-state index in [-0.39, 0.29) is 0 Å². The van der Waals surface area contributed by atoms with Crippen LogP contribution in [0.1, 0.15) is 47.0 Å². The molecular weight excluding hydrogens is 178 g/mol. The van der Waals surface area contributed by atoms with Gasteiger partial charge in [0.15, 0.2) is 0 Å². The standard InChI is InChI=1S/C11H23NS/c1-5-11-7-6-10(4)12(11)13-8-9(2)3/h9-11H,5-8H2,1-4H3. The maximum absolute atomic E-state index is 2.64. The van der Waals surface area contributed by atoms with Crippen molar-refractivity contribution in [3.63, 3.8) is 0 Å². The van der Waals surface area contributed by atoms with Gasteiger partial charge in [0.1, 0.15) is 0 Å². The van der Waals surface area contributed by atoms with E-state index in [9.17, 15) is 0 Å². The van der Waals surface area contributed by atoms with E-state index in [1.54, 1.807) is 0 Å². The zero-order chi connectivity index (χ0) is 9.84. The molecule has 0 bridgehead atoms. The van der Waals surface area contributed by atoms with Crippen molar-refractivity contribution >= 4 is 11.9 Å². The van der Waals surface area contributed by atoms with Crippen LogP contribution in [-0.4, -0.2) is 22.1 Å². The second kappa shape index (κ2) is 5.26. The van der Waals surface area contributed by atoms with Crippen LogP contribution in [0.5, 0.6) is 0 Å². The summed E-state index contributed by atoms with van der Waals surface area (Å²) >= 11 is 2.07. The third-order valence-corrected chi connectivity index (χ3v) is 4.51. The Morgan fingerprint density at radius 1 is 1.38 bits per heavy atom. The number of hydrogen-bond donors (Lipinski definition) is 0. The smallest absolute Gasteiger partial charge is 0.0203 e. The molecule has 0 N–H and O–H groups in total. The van der Waals surface area contributed by atoms with Gasteiger partial charge in [0, 0.05) is 17.8 Å². The minimum atomic E-state index is 0.800. The van der Waals surface area contributed by atoms with Gasteiger partial charge in [-0.2, -0.15) is 0 Å². The molecule has 1 fully saturated rings. The van der Waals surface area contributed by atoms with Crippen molar-refractivity contribution in [2.24, 2.45) is 5.92 Å². The van der Waals surface area contributed by atoms with Crippen LogP contribution < -0.4 is 0 Å². The van der Waals surface area contributed by atoms with Crippen molar-refractivity contribution in [1.82, 2.24) is 4.31 Å². The van der Waals surface area contributed by atoms with E-state index in [1.807, 2.05) is 0 Å². The minimum absolute atomic E-state index is 0.800. The summed E-state index contributed by atoms with van der Waals surface area (Å²) in [5.74, 6) is 2.09. The highest BCUT2D eigenvalue weighted by atomic mass is 32.2. The van der Waals surface area contributed by atoms with Crippen LogP contribution in [0, 0.1) is 5.92 Å². The largest absolute Gasteiger partial charge is 0.245 e. The van der Waals surface area contributed by atoms with E-state index in [4.69, 9.17) is 0 Å². The van der Waals surface area contributed by atoms with Crippen LogP contribution in [0.25, 0.3) is 0 Å². The Kier molecular flexibility index (Phi) is 4.60. The summed E-state index contributed by atoms with van der Waals surface area (Å²) in [5, 5.41) is 0. The fraction of sp³-hybridized carbons (Fsp3) is 1.00. The third kappa shape index (κ3) is 3.17. The van der Waals surface area contributed by atoms with Crippen molar-refractivity contribution in [3.8, 4) is 0 Å². The van der Waals surface area contributed by atoms with Crippen LogP contribution in [0.15, 0.2) is 0 Å². The van der Waals surface area contributed by atoms with Crippen molar-refractivity contribution in [3.05, 3.63) is 0 Å². The lowest BCUT2D eigenvalue weighted by Gasteiger charge is -2.26. The highest BCUT2D eigenvalue weighted by Crippen LogP contribution is 2.33. The molecule has 0 amide bonds. The zero-order valence-corrected chi connectivity index (χ0v) is 10.2. The van der Waals surface area contributed by atoms with Gasteiger partial charge in [0.25, 0.3) is 0 Å². The van der Waals surface area contributed by atoms with Crippen molar-refractivity contribution in [1.29, 1.82) is 0 Å². The molecule has 0 aromatic heterocycles. The predicted molar refractivity (Wildman–Crippen MR) is 61.9 cm³/mol. The van der Waals surface area contributed by atoms with Crippen molar-refractivity contribution < 1.29 is 0 Å². The molecule has 0 aromatic carbocycles. The summed E-state index contributed by atoms with van der Waals surface area (Å²) in [4.78, 5) is 0. The summed E-state index contributed by atoms with van der Waals surface area (Å²) in [6.07, 6.45) is 4.11. The van der Waals surface area contributed by atoms with E-state index in [2.05, 4.69) is 43.9 Å². The van der Waals surface area contributed by atoms with Crippen molar-refractivity contribution in [2.75, 3.05) is 5.75 Å². The summed E-state index contributed by atoms with van der Waals surface area (Å²) in [6.45, 7) is 9.28. The maximum atomic E-state index is 2.64. The average Bonchev–Trinajstić information content (AvgIpc) is 2.43. The van der Waals surface area contributed by atoms with Crippen LogP contribution in [0.3, 0.4) is 0 Å². The topological polar surface area (TPSA) is 3.24 Å². The summed E-state index contributed by atoms with van der Waals surface area (Å²) < 4.78 is 2.64. The molecule has 2 heteroatoms. The molecule has 2 atom stereocenters. The molecule has 1 nitrogen and oxygen atoms in total. The quantitative estimate of drug-likeness (QED) is 0.640. The number of nitrogens with zero attached hydrogens (tertiary/aromatic N) is 1. The second-order valence-corrected chi connectivity index (χ2v) is 5.55. The fourth-order valence-electron chi connectivity index (χ4n) is 1.90. The molecule has 0 aromatic rings. The molecule has 1 saturated heterocycles. The molecule has 2 unspecified atom stereocenters. The van der Waals surface area contributed by atoms with Gasteiger partial charge in [-0.1, -0.05) is 32.7 Å². The van der Waals surface area contributed by atoms with E-state index >= 15 is 0 Å². The first kappa shape index (κ1) is 11.4. The third-order valence-electron chi connectivity index (χ3n) is 2.74. The Balaban J connectivity index is 2.35. The molecule has 0 saturated carbocycles. The molecule has 1 heterocycles. The maximum Gasteiger partial charge on any atom is 0.0203 e. The van der Waals surface area contributed by atoms with E-state index in [1.165, 1.54) is 25.0 Å². The SMILES string of the molecule is CCC1CCC(C)N1SCC(C)C. The van der Waals surface area contributed by atoms with Gasteiger partial charge in [-0.3, -0.25) is 0 Å². The molecule has 1 rings (SSSR count). The van der Waals surface area contributed by atoms with Gasteiger partial charge in [-0.25, -0.2) is 4.31 Å². The van der Waals surface area contributed by atoms with Gasteiger partial charge in [0.2, 0.25) is 0 Å². The van der Waals surface area contributed by atoms with Gasteiger partial charge in [0.05, 0.1) is 0 Å². The van der Waals surface area contributed by atoms with Crippen LogP contribution in [0.4, 0.5) is 0 Å². The fourth-order valence-corrected chi connectivity index (χ4v) is 3.20. The van der Waals surface area contributed by atoms with Crippen molar-refractivity contribution in [2.45, 2.75) is 59.0 Å². The molecule has 1 aliphatic rings. The minimum Gasteiger partial charge on any atom is -0.245 e. The Labute approximate surface area is 87.4 Å². The second-order valence-electron chi connectivity index (χ2n) is 4.54. The van der Waals surface area contributed by atoms with Gasteiger partial charge >= 0.3 is 0 Å². The Bertz CT molecular complexity index is 147. The van der Waals surface area contributed by atoms with Gasteiger partial charge < -0.3 is 0 Å². The molecule has 13 heavy (non-hydrogen) atoms. The molecule has 78 valence electrons. The first-order valence-electron chi connectivity index (χ1n) is 5.56. The lowest BCUT2D eigenvalue weighted by Crippen LogP contribution is -2.28. The predicted octanol–water partition coefficient (Wildman–Crippen LogP) is 3.55. The summed E-state index contributed by atoms with van der Waals surface area (Å²) in [7, 11) is 0. The number of rotatable bonds is 4. The van der Waals surface area contributed by atoms with Crippen LogP contribution in [0.2, 0.25) is 0 Å². The van der Waals surface area contributed by atoms with Crippen LogP contribution >= 0.6 is 11.9 Å². The first-order chi connectivity index (χ1) is 6.15. The summed E-state index contributed by atoms with van der Waals surface area (Å²) in [5.41, 5.74) is 0. The lowest BCUT2D eigenvalue weighted by atomic mass is 10.2. The Morgan fingerprint density at radius 2 is 2.08 bits per heavy atom. The monoisotopic (exact) mass is 201 g/mol. The van der Waals surface area contributed by atoms with Gasteiger partial charge in [-0.15, -0.1) is 0 Å². The van der Waals surface area contributed by atoms with E-state index < -0.39 is 0 Å². The molecule has 0 radical (unpaired) electrons. The number of hydrogen-bond acceptors (Lipinski definition) is 2.